The lowest BCUT2D eigenvalue weighted by Gasteiger charge is -2.11. The number of benzene rings is 1. The van der Waals surface area contributed by atoms with Crippen LogP contribution in [0.1, 0.15) is 23.9 Å². The highest BCUT2D eigenvalue weighted by Crippen LogP contribution is 2.08. The maximum absolute atomic E-state index is 12.0. The molecule has 1 aromatic carbocycles. The standard InChI is InChI=1S/C16H20N2O2/c1-12(10-14-6-4-3-5-7-14)16(19)17-9-8-15-11-13(2)20-18-15/h3-7,11-12H,8-10H2,1-2H3,(H,17,19). The number of aryl methyl sites for hydroxylation is 1. The van der Waals surface area contributed by atoms with Crippen LogP contribution in [0.4, 0.5) is 0 Å². The fourth-order valence-electron chi connectivity index (χ4n) is 2.08. The highest BCUT2D eigenvalue weighted by molar-refractivity contribution is 5.78. The topological polar surface area (TPSA) is 55.1 Å². The molecule has 1 amide bonds. The summed E-state index contributed by atoms with van der Waals surface area (Å²) in [6, 6.07) is 11.9. The Labute approximate surface area is 119 Å². The van der Waals surface area contributed by atoms with Crippen molar-refractivity contribution in [2.24, 2.45) is 5.92 Å². The van der Waals surface area contributed by atoms with Gasteiger partial charge in [-0.15, -0.1) is 0 Å². The fraction of sp³-hybridized carbons (Fsp3) is 0.375. The number of rotatable bonds is 6. The van der Waals surface area contributed by atoms with E-state index in [1.54, 1.807) is 0 Å². The van der Waals surface area contributed by atoms with Gasteiger partial charge in [-0.25, -0.2) is 0 Å². The Bertz CT molecular complexity index is 549. The number of nitrogens with zero attached hydrogens (tertiary/aromatic N) is 1. The molecular formula is C16H20N2O2. The summed E-state index contributed by atoms with van der Waals surface area (Å²) < 4.78 is 4.99. The van der Waals surface area contributed by atoms with Crippen LogP contribution in [0.25, 0.3) is 0 Å². The Balaban J connectivity index is 1.74. The van der Waals surface area contributed by atoms with Crippen molar-refractivity contribution in [2.45, 2.75) is 26.7 Å². The quantitative estimate of drug-likeness (QED) is 0.879. The van der Waals surface area contributed by atoms with Gasteiger partial charge in [0.25, 0.3) is 0 Å². The molecule has 0 aliphatic carbocycles. The Hall–Kier alpha value is -2.10. The molecule has 0 spiro atoms. The molecule has 1 aromatic heterocycles. The zero-order valence-corrected chi connectivity index (χ0v) is 11.9. The van der Waals surface area contributed by atoms with Gasteiger partial charge in [0.05, 0.1) is 5.69 Å². The van der Waals surface area contributed by atoms with Gasteiger partial charge < -0.3 is 9.84 Å². The minimum atomic E-state index is -0.0311. The maximum atomic E-state index is 12.0. The van der Waals surface area contributed by atoms with Crippen LogP contribution in [0.15, 0.2) is 40.9 Å². The molecule has 0 saturated carbocycles. The van der Waals surface area contributed by atoms with Crippen molar-refractivity contribution in [3.05, 3.63) is 53.4 Å². The van der Waals surface area contributed by atoms with E-state index in [4.69, 9.17) is 4.52 Å². The third-order valence-electron chi connectivity index (χ3n) is 3.19. The van der Waals surface area contributed by atoms with Crippen molar-refractivity contribution in [1.82, 2.24) is 10.5 Å². The summed E-state index contributed by atoms with van der Waals surface area (Å²) in [6.07, 6.45) is 1.46. The summed E-state index contributed by atoms with van der Waals surface area (Å²) in [5, 5.41) is 6.84. The van der Waals surface area contributed by atoms with Gasteiger partial charge in [-0.05, 0) is 18.9 Å². The van der Waals surface area contributed by atoms with E-state index in [-0.39, 0.29) is 11.8 Å². The molecule has 4 heteroatoms. The molecule has 106 valence electrons. The molecule has 0 bridgehead atoms. The van der Waals surface area contributed by atoms with E-state index in [0.29, 0.717) is 13.0 Å². The maximum Gasteiger partial charge on any atom is 0.223 e. The summed E-state index contributed by atoms with van der Waals surface area (Å²) in [6.45, 7) is 4.39. The van der Waals surface area contributed by atoms with E-state index in [9.17, 15) is 4.79 Å². The number of nitrogens with one attached hydrogen (secondary N) is 1. The first-order valence-corrected chi connectivity index (χ1v) is 6.89. The van der Waals surface area contributed by atoms with Crippen LogP contribution < -0.4 is 5.32 Å². The first kappa shape index (κ1) is 14.3. The SMILES string of the molecule is Cc1cc(CCNC(=O)C(C)Cc2ccccc2)no1. The molecule has 1 N–H and O–H groups in total. The third kappa shape index (κ3) is 4.23. The molecule has 0 fully saturated rings. The molecule has 0 aliphatic heterocycles. The van der Waals surface area contributed by atoms with Crippen molar-refractivity contribution in [1.29, 1.82) is 0 Å². The Morgan fingerprint density at radius 2 is 2.10 bits per heavy atom. The molecule has 0 aliphatic rings. The summed E-state index contributed by atoms with van der Waals surface area (Å²) in [7, 11) is 0. The molecule has 1 heterocycles. The number of hydrogen-bond donors (Lipinski definition) is 1. The normalized spacial score (nSPS) is 12.1. The van der Waals surface area contributed by atoms with Gasteiger partial charge in [-0.1, -0.05) is 42.4 Å². The first-order valence-electron chi connectivity index (χ1n) is 6.89. The van der Waals surface area contributed by atoms with Crippen LogP contribution >= 0.6 is 0 Å². The van der Waals surface area contributed by atoms with Gasteiger partial charge in [0.2, 0.25) is 5.91 Å². The van der Waals surface area contributed by atoms with Gasteiger partial charge in [0.15, 0.2) is 0 Å². The average molecular weight is 272 g/mol. The number of carbonyl (C=O) groups excluding carboxylic acids is 1. The lowest BCUT2D eigenvalue weighted by atomic mass is 10.0. The number of hydrogen-bond acceptors (Lipinski definition) is 3. The van der Waals surface area contributed by atoms with Gasteiger partial charge >= 0.3 is 0 Å². The van der Waals surface area contributed by atoms with E-state index in [1.165, 1.54) is 5.56 Å². The Morgan fingerprint density at radius 1 is 1.35 bits per heavy atom. The molecule has 2 rings (SSSR count). The van der Waals surface area contributed by atoms with Crippen molar-refractivity contribution in [2.75, 3.05) is 6.54 Å². The molecule has 0 saturated heterocycles. The lowest BCUT2D eigenvalue weighted by Crippen LogP contribution is -2.31. The number of aromatic nitrogens is 1. The van der Waals surface area contributed by atoms with E-state index >= 15 is 0 Å². The molecule has 2 aromatic rings. The van der Waals surface area contributed by atoms with E-state index in [2.05, 4.69) is 10.5 Å². The number of carbonyl (C=O) groups is 1. The third-order valence-corrected chi connectivity index (χ3v) is 3.19. The minimum absolute atomic E-state index is 0.0311. The summed E-state index contributed by atoms with van der Waals surface area (Å²) >= 11 is 0. The molecule has 0 radical (unpaired) electrons. The van der Waals surface area contributed by atoms with Crippen LogP contribution in [0.3, 0.4) is 0 Å². The zero-order valence-electron chi connectivity index (χ0n) is 11.9. The summed E-state index contributed by atoms with van der Waals surface area (Å²) in [4.78, 5) is 12.0. The van der Waals surface area contributed by atoms with E-state index in [1.807, 2.05) is 50.2 Å². The van der Waals surface area contributed by atoms with Crippen LogP contribution in [0, 0.1) is 12.8 Å². The average Bonchev–Trinajstić information content (AvgIpc) is 2.85. The Morgan fingerprint density at radius 3 is 2.75 bits per heavy atom. The molecule has 1 atom stereocenters. The highest BCUT2D eigenvalue weighted by atomic mass is 16.5. The smallest absolute Gasteiger partial charge is 0.223 e. The predicted molar refractivity (Wildman–Crippen MR) is 77.3 cm³/mol. The largest absolute Gasteiger partial charge is 0.361 e. The summed E-state index contributed by atoms with van der Waals surface area (Å²) in [5.74, 6) is 0.842. The van der Waals surface area contributed by atoms with Crippen LogP contribution in [0.5, 0.6) is 0 Å². The van der Waals surface area contributed by atoms with Crippen molar-refractivity contribution in [3.8, 4) is 0 Å². The van der Waals surface area contributed by atoms with Crippen molar-refractivity contribution < 1.29 is 9.32 Å². The van der Waals surface area contributed by atoms with Gasteiger partial charge in [0.1, 0.15) is 5.76 Å². The Kier molecular flexibility index (Phi) is 4.93. The monoisotopic (exact) mass is 272 g/mol. The van der Waals surface area contributed by atoms with E-state index in [0.717, 1.165) is 17.9 Å². The van der Waals surface area contributed by atoms with E-state index < -0.39 is 0 Å². The van der Waals surface area contributed by atoms with Gasteiger partial charge in [0, 0.05) is 24.9 Å². The molecule has 20 heavy (non-hydrogen) atoms. The zero-order chi connectivity index (χ0) is 14.4. The van der Waals surface area contributed by atoms with Crippen molar-refractivity contribution >= 4 is 5.91 Å². The first-order chi connectivity index (χ1) is 9.65. The predicted octanol–water partition coefficient (Wildman–Crippen LogP) is 2.52. The van der Waals surface area contributed by atoms with Gasteiger partial charge in [-0.3, -0.25) is 4.79 Å². The van der Waals surface area contributed by atoms with Crippen LogP contribution in [0.2, 0.25) is 0 Å². The van der Waals surface area contributed by atoms with Crippen LogP contribution in [-0.2, 0) is 17.6 Å². The number of amides is 1. The highest BCUT2D eigenvalue weighted by Gasteiger charge is 2.13. The second-order valence-corrected chi connectivity index (χ2v) is 5.06. The second kappa shape index (κ2) is 6.89. The second-order valence-electron chi connectivity index (χ2n) is 5.06. The summed E-state index contributed by atoms with van der Waals surface area (Å²) in [5.41, 5.74) is 2.06. The molecular weight excluding hydrogens is 252 g/mol. The fourth-order valence-corrected chi connectivity index (χ4v) is 2.08. The minimum Gasteiger partial charge on any atom is -0.361 e. The molecule has 4 nitrogen and oxygen atoms in total. The van der Waals surface area contributed by atoms with Crippen LogP contribution in [-0.4, -0.2) is 17.6 Å². The van der Waals surface area contributed by atoms with Gasteiger partial charge in [-0.2, -0.15) is 0 Å². The lowest BCUT2D eigenvalue weighted by molar-refractivity contribution is -0.124. The molecule has 1 unspecified atom stereocenters. The van der Waals surface area contributed by atoms with Crippen molar-refractivity contribution in [3.63, 3.8) is 0 Å².